The van der Waals surface area contributed by atoms with Gasteiger partial charge in [-0.25, -0.2) is 0 Å². The Morgan fingerprint density at radius 2 is 2.39 bits per heavy atom. The number of nitrogens with one attached hydrogen (secondary N) is 1. The van der Waals surface area contributed by atoms with Crippen LogP contribution in [0.2, 0.25) is 5.02 Å². The van der Waals surface area contributed by atoms with Gasteiger partial charge in [0, 0.05) is 6.61 Å². The molecule has 1 heterocycles. The largest absolute Gasteiger partial charge is 0.379 e. The molecule has 1 aliphatic heterocycles. The average Bonchev–Trinajstić information content (AvgIpc) is 2.80. The highest BCUT2D eigenvalue weighted by atomic mass is 35.5. The van der Waals surface area contributed by atoms with E-state index in [0.717, 1.165) is 0 Å². The van der Waals surface area contributed by atoms with E-state index in [1.807, 2.05) is 6.07 Å². The molecule has 1 saturated heterocycles. The van der Waals surface area contributed by atoms with E-state index in [2.05, 4.69) is 5.32 Å². The molecule has 1 aromatic carbocycles. The molecule has 5 nitrogen and oxygen atoms in total. The highest BCUT2D eigenvalue weighted by Gasteiger charge is 2.38. The molecule has 0 aromatic heterocycles. The van der Waals surface area contributed by atoms with Crippen LogP contribution in [0.25, 0.3) is 0 Å². The number of rotatable bonds is 2. The van der Waals surface area contributed by atoms with E-state index in [1.54, 1.807) is 12.1 Å². The van der Waals surface area contributed by atoms with Crippen molar-refractivity contribution in [3.05, 3.63) is 28.8 Å². The summed E-state index contributed by atoms with van der Waals surface area (Å²) in [6, 6.07) is 6.63. The maximum Gasteiger partial charge on any atom is 0.246 e. The fraction of sp³-hybridized carbons (Fsp3) is 0.333. The molecule has 0 bridgehead atoms. The number of nitrogens with zero attached hydrogens (tertiary/aromatic N) is 1. The number of amides is 1. The van der Waals surface area contributed by atoms with Crippen molar-refractivity contribution >= 4 is 23.2 Å². The Labute approximate surface area is 109 Å². The molecule has 1 fully saturated rings. The van der Waals surface area contributed by atoms with Crippen LogP contribution in [-0.2, 0) is 9.53 Å². The van der Waals surface area contributed by atoms with Gasteiger partial charge in [-0.2, -0.15) is 5.26 Å². The maximum absolute atomic E-state index is 12.0. The molecule has 3 N–H and O–H groups in total. The summed E-state index contributed by atoms with van der Waals surface area (Å²) in [4.78, 5) is 12.0. The first kappa shape index (κ1) is 12.8. The Hall–Kier alpha value is -1.61. The molecule has 6 heteroatoms. The third-order valence-corrected chi connectivity index (χ3v) is 3.18. The Morgan fingerprint density at radius 1 is 1.61 bits per heavy atom. The lowest BCUT2D eigenvalue weighted by molar-refractivity contribution is -0.121. The summed E-state index contributed by atoms with van der Waals surface area (Å²) in [5.74, 6) is -0.350. The second kappa shape index (κ2) is 4.94. The Bertz CT molecular complexity index is 519. The Kier molecular flexibility index (Phi) is 3.53. The molecule has 1 atom stereocenters. The van der Waals surface area contributed by atoms with Crippen LogP contribution in [0.5, 0.6) is 0 Å². The molecule has 1 amide bonds. The van der Waals surface area contributed by atoms with Gasteiger partial charge in [0.15, 0.2) is 0 Å². The van der Waals surface area contributed by atoms with Crippen molar-refractivity contribution in [2.45, 2.75) is 12.0 Å². The first-order valence-electron chi connectivity index (χ1n) is 5.43. The first-order valence-corrected chi connectivity index (χ1v) is 5.81. The van der Waals surface area contributed by atoms with Gasteiger partial charge in [-0.15, -0.1) is 0 Å². The van der Waals surface area contributed by atoms with Crippen molar-refractivity contribution in [3.63, 3.8) is 0 Å². The van der Waals surface area contributed by atoms with Crippen LogP contribution in [0, 0.1) is 11.3 Å². The fourth-order valence-corrected chi connectivity index (χ4v) is 1.86. The zero-order valence-electron chi connectivity index (χ0n) is 9.57. The molecular formula is C12H12ClN3O2. The summed E-state index contributed by atoms with van der Waals surface area (Å²) >= 11 is 5.95. The van der Waals surface area contributed by atoms with Gasteiger partial charge < -0.3 is 15.8 Å². The van der Waals surface area contributed by atoms with E-state index in [1.165, 1.54) is 6.07 Å². The lowest BCUT2D eigenvalue weighted by atomic mass is 9.99. The lowest BCUT2D eigenvalue weighted by Gasteiger charge is -2.21. The van der Waals surface area contributed by atoms with E-state index in [9.17, 15) is 4.79 Å². The van der Waals surface area contributed by atoms with Gasteiger partial charge in [-0.1, -0.05) is 11.6 Å². The number of nitrogens with two attached hydrogens (primary N) is 1. The van der Waals surface area contributed by atoms with Gasteiger partial charge in [0.25, 0.3) is 0 Å². The van der Waals surface area contributed by atoms with Gasteiger partial charge >= 0.3 is 0 Å². The van der Waals surface area contributed by atoms with Crippen molar-refractivity contribution in [1.82, 2.24) is 0 Å². The SMILES string of the molecule is N#Cc1ccc(Cl)c(NC(=O)C2(N)CCOC2)c1. The summed E-state index contributed by atoms with van der Waals surface area (Å²) in [5.41, 5.74) is 5.71. The van der Waals surface area contributed by atoms with Gasteiger partial charge in [-0.05, 0) is 24.6 Å². The maximum atomic E-state index is 12.0. The molecule has 2 rings (SSSR count). The van der Waals surface area contributed by atoms with E-state index in [4.69, 9.17) is 27.3 Å². The molecule has 1 unspecified atom stereocenters. The highest BCUT2D eigenvalue weighted by molar-refractivity contribution is 6.33. The summed E-state index contributed by atoms with van der Waals surface area (Å²) in [7, 11) is 0. The normalized spacial score (nSPS) is 22.5. The Balaban J connectivity index is 2.19. The lowest BCUT2D eigenvalue weighted by Crippen LogP contribution is -2.51. The van der Waals surface area contributed by atoms with Crippen LogP contribution in [-0.4, -0.2) is 24.7 Å². The third-order valence-electron chi connectivity index (χ3n) is 2.85. The number of halogens is 1. The smallest absolute Gasteiger partial charge is 0.246 e. The average molecular weight is 266 g/mol. The second-order valence-electron chi connectivity index (χ2n) is 4.22. The zero-order chi connectivity index (χ0) is 13.2. The van der Waals surface area contributed by atoms with Gasteiger partial charge in [0.2, 0.25) is 5.91 Å². The number of nitriles is 1. The predicted molar refractivity (Wildman–Crippen MR) is 67.2 cm³/mol. The minimum atomic E-state index is -1.02. The van der Waals surface area contributed by atoms with Crippen molar-refractivity contribution in [3.8, 4) is 6.07 Å². The van der Waals surface area contributed by atoms with E-state index >= 15 is 0 Å². The summed E-state index contributed by atoms with van der Waals surface area (Å²) in [6.07, 6.45) is 0.467. The predicted octanol–water partition coefficient (Wildman–Crippen LogP) is 1.27. The Morgan fingerprint density at radius 3 is 3.00 bits per heavy atom. The van der Waals surface area contributed by atoms with Crippen LogP contribution in [0.1, 0.15) is 12.0 Å². The molecule has 0 radical (unpaired) electrons. The number of anilines is 1. The third kappa shape index (κ3) is 2.46. The number of carbonyl (C=O) groups excluding carboxylic acids is 1. The number of hydrogen-bond donors (Lipinski definition) is 2. The topological polar surface area (TPSA) is 88.1 Å². The van der Waals surface area contributed by atoms with Crippen molar-refractivity contribution < 1.29 is 9.53 Å². The van der Waals surface area contributed by atoms with E-state index in [-0.39, 0.29) is 12.5 Å². The monoisotopic (exact) mass is 265 g/mol. The first-order chi connectivity index (χ1) is 8.55. The fourth-order valence-electron chi connectivity index (χ4n) is 1.70. The summed E-state index contributed by atoms with van der Waals surface area (Å²) < 4.78 is 5.12. The minimum absolute atomic E-state index is 0.189. The van der Waals surface area contributed by atoms with Crippen molar-refractivity contribution in [2.24, 2.45) is 5.73 Å². The second-order valence-corrected chi connectivity index (χ2v) is 4.63. The van der Waals surface area contributed by atoms with Gasteiger partial charge in [0.1, 0.15) is 5.54 Å². The molecule has 94 valence electrons. The van der Waals surface area contributed by atoms with Crippen LogP contribution >= 0.6 is 11.6 Å². The van der Waals surface area contributed by atoms with Crippen molar-refractivity contribution in [2.75, 3.05) is 18.5 Å². The van der Waals surface area contributed by atoms with Crippen LogP contribution in [0.3, 0.4) is 0 Å². The number of hydrogen-bond acceptors (Lipinski definition) is 4. The van der Waals surface area contributed by atoms with Gasteiger partial charge in [-0.3, -0.25) is 4.79 Å². The van der Waals surface area contributed by atoms with E-state index in [0.29, 0.717) is 29.3 Å². The number of carbonyl (C=O) groups is 1. The molecule has 18 heavy (non-hydrogen) atoms. The number of ether oxygens (including phenoxy) is 1. The van der Waals surface area contributed by atoms with Crippen LogP contribution in [0.15, 0.2) is 18.2 Å². The molecule has 0 spiro atoms. The molecule has 0 saturated carbocycles. The summed E-state index contributed by atoms with van der Waals surface area (Å²) in [6.45, 7) is 0.657. The van der Waals surface area contributed by atoms with Crippen molar-refractivity contribution in [1.29, 1.82) is 5.26 Å². The quantitative estimate of drug-likeness (QED) is 0.843. The standard InChI is InChI=1S/C12H12ClN3O2/c13-9-2-1-8(6-14)5-10(9)16-11(17)12(15)3-4-18-7-12/h1-2,5H,3-4,7,15H2,(H,16,17). The van der Waals surface area contributed by atoms with Crippen LogP contribution < -0.4 is 11.1 Å². The minimum Gasteiger partial charge on any atom is -0.379 e. The summed E-state index contributed by atoms with van der Waals surface area (Å²) in [5, 5.41) is 11.8. The highest BCUT2D eigenvalue weighted by Crippen LogP contribution is 2.25. The van der Waals surface area contributed by atoms with Gasteiger partial charge in [0.05, 0.1) is 28.9 Å². The molecular weight excluding hydrogens is 254 g/mol. The molecule has 1 aliphatic rings. The van der Waals surface area contributed by atoms with E-state index < -0.39 is 5.54 Å². The zero-order valence-corrected chi connectivity index (χ0v) is 10.3. The number of benzene rings is 1. The molecule has 0 aliphatic carbocycles. The molecule has 1 aromatic rings. The van der Waals surface area contributed by atoms with Crippen LogP contribution in [0.4, 0.5) is 5.69 Å².